The molecule has 1 heterocycles. The predicted octanol–water partition coefficient (Wildman–Crippen LogP) is 3.69. The maximum atomic E-state index is 4.52. The van der Waals surface area contributed by atoms with Crippen LogP contribution in [0, 0.1) is 20.8 Å². The second-order valence-electron chi connectivity index (χ2n) is 4.16. The van der Waals surface area contributed by atoms with Gasteiger partial charge in [0.15, 0.2) is 0 Å². The zero-order valence-corrected chi connectivity index (χ0v) is 11.4. The lowest BCUT2D eigenvalue weighted by atomic mass is 10.1. The SMILES string of the molecule is Cc1cc(C)cc(-n2cc(CBr)c(C)n2)c1. The Morgan fingerprint density at radius 1 is 1.12 bits per heavy atom. The summed E-state index contributed by atoms with van der Waals surface area (Å²) in [7, 11) is 0. The molecule has 2 rings (SSSR count). The number of alkyl halides is 1. The minimum absolute atomic E-state index is 0.851. The van der Waals surface area contributed by atoms with Crippen LogP contribution in [0.2, 0.25) is 0 Å². The van der Waals surface area contributed by atoms with Crippen molar-refractivity contribution in [2.75, 3.05) is 0 Å². The van der Waals surface area contributed by atoms with Crippen molar-refractivity contribution in [3.63, 3.8) is 0 Å². The van der Waals surface area contributed by atoms with E-state index in [9.17, 15) is 0 Å². The molecule has 1 aromatic carbocycles. The van der Waals surface area contributed by atoms with E-state index in [2.05, 4.69) is 59.3 Å². The molecule has 0 amide bonds. The smallest absolute Gasteiger partial charge is 0.0651 e. The van der Waals surface area contributed by atoms with Crippen LogP contribution in [0.5, 0.6) is 0 Å². The molecule has 0 spiro atoms. The lowest BCUT2D eigenvalue weighted by molar-refractivity contribution is 0.860. The number of hydrogen-bond acceptors (Lipinski definition) is 1. The van der Waals surface area contributed by atoms with Crippen LogP contribution in [0.25, 0.3) is 5.69 Å². The molecule has 0 radical (unpaired) electrons. The van der Waals surface area contributed by atoms with Crippen molar-refractivity contribution in [3.8, 4) is 5.69 Å². The number of nitrogens with zero attached hydrogens (tertiary/aromatic N) is 2. The van der Waals surface area contributed by atoms with E-state index in [0.29, 0.717) is 0 Å². The Morgan fingerprint density at radius 3 is 2.25 bits per heavy atom. The summed E-state index contributed by atoms with van der Waals surface area (Å²) in [5.41, 5.74) is 5.98. The van der Waals surface area contributed by atoms with Gasteiger partial charge >= 0.3 is 0 Å². The van der Waals surface area contributed by atoms with Gasteiger partial charge in [-0.3, -0.25) is 0 Å². The van der Waals surface area contributed by atoms with Crippen molar-refractivity contribution in [1.29, 1.82) is 0 Å². The fourth-order valence-corrected chi connectivity index (χ4v) is 2.39. The van der Waals surface area contributed by atoms with Crippen LogP contribution in [0.4, 0.5) is 0 Å². The monoisotopic (exact) mass is 278 g/mol. The maximum absolute atomic E-state index is 4.52. The van der Waals surface area contributed by atoms with Crippen LogP contribution >= 0.6 is 15.9 Å². The molecular weight excluding hydrogens is 264 g/mol. The van der Waals surface area contributed by atoms with Gasteiger partial charge < -0.3 is 0 Å². The normalized spacial score (nSPS) is 10.8. The van der Waals surface area contributed by atoms with Gasteiger partial charge in [0.05, 0.1) is 11.4 Å². The first-order valence-corrected chi connectivity index (χ1v) is 6.42. The van der Waals surface area contributed by atoms with E-state index in [0.717, 1.165) is 16.7 Å². The summed E-state index contributed by atoms with van der Waals surface area (Å²) in [6.07, 6.45) is 2.08. The van der Waals surface area contributed by atoms with E-state index in [1.165, 1.54) is 16.7 Å². The predicted molar refractivity (Wildman–Crippen MR) is 70.4 cm³/mol. The summed E-state index contributed by atoms with van der Waals surface area (Å²) in [5.74, 6) is 0. The Balaban J connectivity index is 2.49. The molecule has 0 aliphatic rings. The molecule has 0 N–H and O–H groups in total. The van der Waals surface area contributed by atoms with Crippen molar-refractivity contribution in [2.45, 2.75) is 26.1 Å². The molecule has 0 atom stereocenters. The highest BCUT2D eigenvalue weighted by Gasteiger charge is 2.05. The summed E-state index contributed by atoms with van der Waals surface area (Å²) >= 11 is 3.47. The third-order valence-electron chi connectivity index (χ3n) is 2.62. The standard InChI is InChI=1S/C13H15BrN2/c1-9-4-10(2)6-13(5-9)16-8-12(7-14)11(3)15-16/h4-6,8H,7H2,1-3H3. The number of rotatable bonds is 2. The molecule has 16 heavy (non-hydrogen) atoms. The highest BCUT2D eigenvalue weighted by atomic mass is 79.9. The van der Waals surface area contributed by atoms with Gasteiger partial charge in [0.1, 0.15) is 0 Å². The van der Waals surface area contributed by atoms with Crippen LogP contribution in [0.3, 0.4) is 0 Å². The van der Waals surface area contributed by atoms with Crippen LogP contribution < -0.4 is 0 Å². The van der Waals surface area contributed by atoms with Gasteiger partial charge in [-0.05, 0) is 44.0 Å². The largest absolute Gasteiger partial charge is 0.240 e. The quantitative estimate of drug-likeness (QED) is 0.766. The van der Waals surface area contributed by atoms with Gasteiger partial charge in [0.2, 0.25) is 0 Å². The average Bonchev–Trinajstić information content (AvgIpc) is 2.58. The topological polar surface area (TPSA) is 17.8 Å². The van der Waals surface area contributed by atoms with Gasteiger partial charge in [-0.1, -0.05) is 22.0 Å². The average molecular weight is 279 g/mol. The molecule has 0 saturated heterocycles. The number of aromatic nitrogens is 2. The van der Waals surface area contributed by atoms with E-state index in [4.69, 9.17) is 0 Å². The zero-order chi connectivity index (χ0) is 11.7. The second kappa shape index (κ2) is 4.42. The minimum atomic E-state index is 0.851. The first-order valence-electron chi connectivity index (χ1n) is 5.30. The molecule has 0 saturated carbocycles. The fraction of sp³-hybridized carbons (Fsp3) is 0.308. The summed E-state index contributed by atoms with van der Waals surface area (Å²) < 4.78 is 1.95. The zero-order valence-electron chi connectivity index (χ0n) is 9.79. The summed E-state index contributed by atoms with van der Waals surface area (Å²) in [4.78, 5) is 0. The second-order valence-corrected chi connectivity index (χ2v) is 4.72. The molecular formula is C13H15BrN2. The molecule has 0 fully saturated rings. The number of halogens is 1. The Bertz CT molecular complexity index is 494. The van der Waals surface area contributed by atoms with Crippen molar-refractivity contribution in [2.24, 2.45) is 0 Å². The van der Waals surface area contributed by atoms with Gasteiger partial charge in [-0.2, -0.15) is 5.10 Å². The van der Waals surface area contributed by atoms with Crippen LogP contribution in [0.1, 0.15) is 22.4 Å². The Labute approximate surface area is 104 Å². The fourth-order valence-electron chi connectivity index (χ4n) is 1.84. The first kappa shape index (κ1) is 11.4. The van der Waals surface area contributed by atoms with E-state index >= 15 is 0 Å². The van der Waals surface area contributed by atoms with Crippen molar-refractivity contribution in [3.05, 3.63) is 46.8 Å². The lowest BCUT2D eigenvalue weighted by Gasteiger charge is -2.04. The third kappa shape index (κ3) is 2.19. The van der Waals surface area contributed by atoms with Crippen LogP contribution in [-0.2, 0) is 5.33 Å². The molecule has 84 valence electrons. The van der Waals surface area contributed by atoms with Crippen molar-refractivity contribution >= 4 is 15.9 Å². The van der Waals surface area contributed by atoms with Gasteiger partial charge in [-0.15, -0.1) is 0 Å². The minimum Gasteiger partial charge on any atom is -0.240 e. The number of aryl methyl sites for hydroxylation is 3. The molecule has 0 unspecified atom stereocenters. The molecule has 2 nitrogen and oxygen atoms in total. The van der Waals surface area contributed by atoms with E-state index in [1.807, 2.05) is 11.6 Å². The van der Waals surface area contributed by atoms with E-state index in [1.54, 1.807) is 0 Å². The maximum Gasteiger partial charge on any atom is 0.0651 e. The number of benzene rings is 1. The van der Waals surface area contributed by atoms with Crippen LogP contribution in [0.15, 0.2) is 24.4 Å². The summed E-state index contributed by atoms with van der Waals surface area (Å²) in [6, 6.07) is 6.47. The molecule has 1 aromatic heterocycles. The summed E-state index contributed by atoms with van der Waals surface area (Å²) in [5, 5.41) is 5.37. The summed E-state index contributed by atoms with van der Waals surface area (Å²) in [6.45, 7) is 6.26. The lowest BCUT2D eigenvalue weighted by Crippen LogP contribution is -1.96. The third-order valence-corrected chi connectivity index (χ3v) is 3.22. The Morgan fingerprint density at radius 2 is 1.75 bits per heavy atom. The van der Waals surface area contributed by atoms with Gasteiger partial charge in [0.25, 0.3) is 0 Å². The molecule has 3 heteroatoms. The van der Waals surface area contributed by atoms with E-state index in [-0.39, 0.29) is 0 Å². The number of hydrogen-bond donors (Lipinski definition) is 0. The first-order chi connectivity index (χ1) is 7.60. The highest BCUT2D eigenvalue weighted by Crippen LogP contribution is 2.16. The highest BCUT2D eigenvalue weighted by molar-refractivity contribution is 9.08. The van der Waals surface area contributed by atoms with Crippen molar-refractivity contribution in [1.82, 2.24) is 9.78 Å². The molecule has 0 bridgehead atoms. The molecule has 0 aliphatic carbocycles. The van der Waals surface area contributed by atoms with Gasteiger partial charge in [-0.25, -0.2) is 4.68 Å². The van der Waals surface area contributed by atoms with E-state index < -0.39 is 0 Å². The Hall–Kier alpha value is -1.09. The van der Waals surface area contributed by atoms with Crippen LogP contribution in [-0.4, -0.2) is 9.78 Å². The van der Waals surface area contributed by atoms with Gasteiger partial charge in [0, 0.05) is 17.1 Å². The molecule has 0 aliphatic heterocycles. The van der Waals surface area contributed by atoms with Crippen molar-refractivity contribution < 1.29 is 0 Å². The molecule has 2 aromatic rings. The Kier molecular flexibility index (Phi) is 3.15.